The lowest BCUT2D eigenvalue weighted by molar-refractivity contribution is -0.118. The Morgan fingerprint density at radius 2 is 1.88 bits per heavy atom. The van der Waals surface area contributed by atoms with Crippen molar-refractivity contribution in [3.8, 4) is 0 Å². The molecule has 0 radical (unpaired) electrons. The van der Waals surface area contributed by atoms with E-state index in [1.165, 1.54) is 12.1 Å². The number of nitrogens with one attached hydrogen (secondary N) is 1. The topological polar surface area (TPSA) is 89.3 Å². The molecule has 1 fully saturated rings. The van der Waals surface area contributed by atoms with Crippen LogP contribution in [-0.4, -0.2) is 24.5 Å². The molecule has 7 heteroatoms. The molecular weight excluding hydrogens is 229 g/mol. The molecule has 1 aliphatic heterocycles. The normalized spacial score (nSPS) is 23.6. The van der Waals surface area contributed by atoms with Gasteiger partial charge < -0.3 is 5.73 Å². The van der Waals surface area contributed by atoms with Gasteiger partial charge in [-0.15, -0.1) is 4.48 Å². The zero-order valence-electron chi connectivity index (χ0n) is 8.64. The summed E-state index contributed by atoms with van der Waals surface area (Å²) in [6, 6.07) is 2.87. The van der Waals surface area contributed by atoms with Gasteiger partial charge in [0.25, 0.3) is 5.91 Å². The number of urea groups is 2. The average molecular weight is 238 g/mol. The molecule has 1 aliphatic rings. The molecule has 17 heavy (non-hydrogen) atoms. The van der Waals surface area contributed by atoms with Crippen LogP contribution >= 0.6 is 0 Å². The van der Waals surface area contributed by atoms with Crippen molar-refractivity contribution in [2.24, 2.45) is 5.73 Å². The lowest BCUT2D eigenvalue weighted by atomic mass is 10.2. The van der Waals surface area contributed by atoms with Gasteiger partial charge in [-0.3, -0.25) is 4.79 Å². The first kappa shape index (κ1) is 11.2. The number of rotatable bonds is 1. The summed E-state index contributed by atoms with van der Waals surface area (Å²) in [7, 11) is 0. The molecule has 2 rings (SSSR count). The van der Waals surface area contributed by atoms with Gasteiger partial charge in [0.2, 0.25) is 0 Å². The van der Waals surface area contributed by atoms with E-state index in [-0.39, 0.29) is 5.69 Å². The van der Waals surface area contributed by atoms with E-state index in [0.717, 1.165) is 12.1 Å². The number of halogens is 1. The molecule has 0 saturated carbocycles. The molecule has 6 nitrogen and oxygen atoms in total. The second kappa shape index (κ2) is 3.63. The number of carbonyl (C=O) groups is 3. The summed E-state index contributed by atoms with van der Waals surface area (Å²) in [5, 5.41) is 2.00. The summed E-state index contributed by atoms with van der Waals surface area (Å²) in [5.41, 5.74) is 5.34. The molecule has 1 atom stereocenters. The van der Waals surface area contributed by atoms with Gasteiger partial charge in [0.1, 0.15) is 5.82 Å². The number of imide groups is 2. The average Bonchev–Trinajstić information content (AvgIpc) is 2.56. The van der Waals surface area contributed by atoms with Crippen LogP contribution in [0.25, 0.3) is 0 Å². The molecule has 3 N–H and O–H groups in total. The number of hydrogen-bond acceptors (Lipinski definition) is 3. The number of nitrogens with zero attached hydrogens (tertiary/aromatic N) is 1. The van der Waals surface area contributed by atoms with Crippen molar-refractivity contribution in [3.05, 3.63) is 30.1 Å². The van der Waals surface area contributed by atoms with Crippen LogP contribution in [0.2, 0.25) is 0 Å². The first-order chi connectivity index (χ1) is 7.96. The van der Waals surface area contributed by atoms with Gasteiger partial charge in [0, 0.05) is 12.1 Å². The van der Waals surface area contributed by atoms with E-state index in [1.54, 1.807) is 0 Å². The van der Waals surface area contributed by atoms with Crippen LogP contribution in [0.3, 0.4) is 0 Å². The van der Waals surface area contributed by atoms with Crippen LogP contribution in [0, 0.1) is 5.82 Å². The number of quaternary nitrogens is 1. The first-order valence-corrected chi connectivity index (χ1v) is 4.75. The second-order valence-corrected chi connectivity index (χ2v) is 3.64. The van der Waals surface area contributed by atoms with Crippen molar-refractivity contribution >= 4 is 23.7 Å². The minimum atomic E-state index is -0.986. The molecular formula is C10H9FN3O3+. The molecule has 5 amide bonds. The highest BCUT2D eigenvalue weighted by molar-refractivity contribution is 6.19. The molecule has 88 valence electrons. The maximum Gasteiger partial charge on any atom is 0.438 e. The van der Waals surface area contributed by atoms with Gasteiger partial charge in [0.15, 0.2) is 12.2 Å². The third kappa shape index (κ3) is 1.56. The Hall–Kier alpha value is -2.28. The monoisotopic (exact) mass is 238 g/mol. The fraction of sp³-hybridized carbons (Fsp3) is 0.100. The van der Waals surface area contributed by atoms with Gasteiger partial charge in [-0.25, -0.2) is 19.3 Å². The van der Waals surface area contributed by atoms with Crippen LogP contribution in [0.5, 0.6) is 0 Å². The van der Waals surface area contributed by atoms with E-state index >= 15 is 0 Å². The molecule has 1 saturated heterocycles. The van der Waals surface area contributed by atoms with Crippen LogP contribution in [-0.2, 0) is 4.79 Å². The minimum absolute atomic E-state index is 0.155. The molecule has 1 heterocycles. The van der Waals surface area contributed by atoms with Crippen molar-refractivity contribution in [2.45, 2.75) is 0 Å². The van der Waals surface area contributed by atoms with Crippen molar-refractivity contribution in [1.29, 1.82) is 0 Å². The van der Waals surface area contributed by atoms with E-state index in [2.05, 4.69) is 0 Å². The summed E-state index contributed by atoms with van der Waals surface area (Å²) in [5.74, 6) is -1.11. The highest BCUT2D eigenvalue weighted by Crippen LogP contribution is 2.26. The Morgan fingerprint density at radius 3 is 2.29 bits per heavy atom. The van der Waals surface area contributed by atoms with Crippen LogP contribution in [0.1, 0.15) is 0 Å². The Bertz CT molecular complexity index is 514. The van der Waals surface area contributed by atoms with Gasteiger partial charge in [-0.05, 0) is 12.1 Å². The fourth-order valence-electron chi connectivity index (χ4n) is 1.75. The van der Waals surface area contributed by atoms with Crippen LogP contribution in [0.15, 0.2) is 24.3 Å². The molecule has 0 aliphatic carbocycles. The van der Waals surface area contributed by atoms with E-state index in [4.69, 9.17) is 5.73 Å². The van der Waals surface area contributed by atoms with E-state index in [9.17, 15) is 18.8 Å². The fourth-order valence-corrected chi connectivity index (χ4v) is 1.75. The Labute approximate surface area is 95.4 Å². The molecule has 0 spiro atoms. The second-order valence-electron chi connectivity index (χ2n) is 3.64. The molecule has 1 unspecified atom stereocenters. The highest BCUT2D eigenvalue weighted by atomic mass is 19.1. The lowest BCUT2D eigenvalue weighted by Crippen LogP contribution is -2.59. The van der Waals surface area contributed by atoms with Crippen molar-refractivity contribution in [3.63, 3.8) is 0 Å². The van der Waals surface area contributed by atoms with Crippen molar-refractivity contribution < 1.29 is 18.8 Å². The minimum Gasteiger partial charge on any atom is -0.318 e. The van der Waals surface area contributed by atoms with E-state index in [0.29, 0.717) is 0 Å². The molecule has 0 aromatic heterocycles. The maximum absolute atomic E-state index is 12.8. The zero-order valence-corrected chi connectivity index (χ0v) is 8.64. The Balaban J connectivity index is 2.56. The summed E-state index contributed by atoms with van der Waals surface area (Å²) in [6.07, 6.45) is 0. The standard InChI is InChI=1S/C10H8FN3O3/c11-6-1-3-7(4-2-6)14(9(12)16)5-8(15)13-10(14)17/h1-4H,5H2,(H2-,12,13,15,16,17)/p+1. The van der Waals surface area contributed by atoms with Gasteiger partial charge >= 0.3 is 12.1 Å². The summed E-state index contributed by atoms with van der Waals surface area (Å²) in [6.45, 7) is -0.403. The summed E-state index contributed by atoms with van der Waals surface area (Å²) in [4.78, 5) is 34.3. The zero-order chi connectivity index (χ0) is 12.6. The SMILES string of the molecule is NC(=O)[N+]1(c2ccc(F)cc2)CC(=O)NC1=O. The highest BCUT2D eigenvalue weighted by Gasteiger charge is 2.53. The van der Waals surface area contributed by atoms with E-state index < -0.39 is 34.8 Å². The van der Waals surface area contributed by atoms with Crippen LogP contribution in [0.4, 0.5) is 19.7 Å². The Morgan fingerprint density at radius 1 is 1.29 bits per heavy atom. The van der Waals surface area contributed by atoms with Crippen LogP contribution < -0.4 is 15.5 Å². The maximum atomic E-state index is 12.8. The van der Waals surface area contributed by atoms with Gasteiger partial charge in [-0.1, -0.05) is 0 Å². The molecule has 1 aromatic carbocycles. The quantitative estimate of drug-likeness (QED) is 0.550. The lowest BCUT2D eigenvalue weighted by Gasteiger charge is -2.22. The van der Waals surface area contributed by atoms with Crippen molar-refractivity contribution in [2.75, 3.05) is 6.54 Å². The first-order valence-electron chi connectivity index (χ1n) is 4.75. The number of carbonyl (C=O) groups excluding carboxylic acids is 3. The number of nitrogens with two attached hydrogens (primary N) is 1. The third-order valence-corrected chi connectivity index (χ3v) is 2.62. The third-order valence-electron chi connectivity index (χ3n) is 2.62. The smallest absolute Gasteiger partial charge is 0.318 e. The predicted molar refractivity (Wildman–Crippen MR) is 56.2 cm³/mol. The summed E-state index contributed by atoms with van der Waals surface area (Å²) >= 11 is 0. The number of amides is 5. The predicted octanol–water partition coefficient (Wildman–Crippen LogP) is 0.462. The molecule has 1 aromatic rings. The number of hydrogen-bond donors (Lipinski definition) is 2. The van der Waals surface area contributed by atoms with Gasteiger partial charge in [0.05, 0.1) is 0 Å². The summed E-state index contributed by atoms with van der Waals surface area (Å²) < 4.78 is 11.8. The number of benzene rings is 1. The molecule has 0 bridgehead atoms. The van der Waals surface area contributed by atoms with E-state index in [1.807, 2.05) is 5.32 Å². The largest absolute Gasteiger partial charge is 0.438 e. The number of primary amides is 1. The van der Waals surface area contributed by atoms with Crippen molar-refractivity contribution in [1.82, 2.24) is 9.80 Å². The van der Waals surface area contributed by atoms with Gasteiger partial charge in [-0.2, -0.15) is 0 Å². The Kier molecular flexibility index (Phi) is 2.40.